The first-order chi connectivity index (χ1) is 13.1. The summed E-state index contributed by atoms with van der Waals surface area (Å²) in [6.07, 6.45) is 0.105. The molecule has 0 amide bonds. The van der Waals surface area contributed by atoms with Gasteiger partial charge < -0.3 is 19.9 Å². The number of aliphatic imine (C=N–C) groups is 1. The number of guanidine groups is 1. The third kappa shape index (κ3) is 6.05. The maximum atomic E-state index is 6.06. The van der Waals surface area contributed by atoms with Crippen LogP contribution in [0.3, 0.4) is 0 Å². The lowest BCUT2D eigenvalue weighted by atomic mass is 10.0. The summed E-state index contributed by atoms with van der Waals surface area (Å²) in [5.41, 5.74) is 2.57. The monoisotopic (exact) mass is 501 g/mol. The number of likely N-dealkylation sites (N-methyl/N-ethyl adjacent to an activating group) is 1. The maximum absolute atomic E-state index is 6.06. The Kier molecular flexibility index (Phi) is 9.46. The number of morpholine rings is 1. The fourth-order valence-corrected chi connectivity index (χ4v) is 3.94. The molecule has 2 aliphatic heterocycles. The van der Waals surface area contributed by atoms with Crippen molar-refractivity contribution < 1.29 is 4.74 Å². The number of hydrogen-bond donors (Lipinski definition) is 1. The molecule has 2 fully saturated rings. The maximum Gasteiger partial charge on any atom is 0.193 e. The molecule has 7 heteroatoms. The Morgan fingerprint density at radius 2 is 1.93 bits per heavy atom. The predicted octanol–water partition coefficient (Wildman–Crippen LogP) is 2.20. The summed E-state index contributed by atoms with van der Waals surface area (Å²) in [4.78, 5) is 11.8. The summed E-state index contributed by atoms with van der Waals surface area (Å²) in [5.74, 6) is 0.984. The highest BCUT2D eigenvalue weighted by atomic mass is 127. The van der Waals surface area contributed by atoms with Crippen molar-refractivity contribution in [1.82, 2.24) is 20.0 Å². The molecule has 0 saturated carbocycles. The Morgan fingerprint density at radius 3 is 2.61 bits per heavy atom. The molecule has 3 rings (SSSR count). The van der Waals surface area contributed by atoms with Crippen molar-refractivity contribution in [1.29, 1.82) is 0 Å². The highest BCUT2D eigenvalue weighted by Gasteiger charge is 2.26. The molecule has 1 N–H and O–H groups in total. The van der Waals surface area contributed by atoms with Gasteiger partial charge in [0.05, 0.1) is 13.2 Å². The van der Waals surface area contributed by atoms with Gasteiger partial charge in [0, 0.05) is 52.4 Å². The molecule has 28 heavy (non-hydrogen) atoms. The van der Waals surface area contributed by atoms with E-state index in [1.807, 2.05) is 7.05 Å². The first-order valence-corrected chi connectivity index (χ1v) is 10.1. The quantitative estimate of drug-likeness (QED) is 0.390. The van der Waals surface area contributed by atoms with E-state index in [0.717, 1.165) is 58.4 Å². The molecular formula is C21H36IN5O. The zero-order valence-corrected chi connectivity index (χ0v) is 20.1. The summed E-state index contributed by atoms with van der Waals surface area (Å²) in [7, 11) is 4.08. The fraction of sp³-hybridized carbons (Fsp3) is 0.667. The summed E-state index contributed by atoms with van der Waals surface area (Å²) in [6, 6.07) is 9.01. The minimum atomic E-state index is 0. The number of aryl methyl sites for hydroxylation is 1. The topological polar surface area (TPSA) is 43.3 Å². The highest BCUT2D eigenvalue weighted by Crippen LogP contribution is 2.24. The van der Waals surface area contributed by atoms with Crippen molar-refractivity contribution in [2.75, 3.05) is 66.5 Å². The van der Waals surface area contributed by atoms with E-state index < -0.39 is 0 Å². The molecule has 2 heterocycles. The van der Waals surface area contributed by atoms with Crippen LogP contribution in [0.5, 0.6) is 0 Å². The number of rotatable bonds is 4. The van der Waals surface area contributed by atoms with Gasteiger partial charge in [-0.15, -0.1) is 24.0 Å². The first-order valence-electron chi connectivity index (χ1n) is 10.1. The van der Waals surface area contributed by atoms with Gasteiger partial charge in [0.25, 0.3) is 0 Å². The van der Waals surface area contributed by atoms with E-state index in [-0.39, 0.29) is 30.1 Å². The van der Waals surface area contributed by atoms with Crippen LogP contribution in [-0.4, -0.2) is 93.2 Å². The standard InChI is InChI=1S/C21H35N5O.HI/c1-17-7-5-6-8-19(17)20-16-26(13-14-27-20)21(22-3)23-15-18(2)25-11-9-24(4)10-12-25;/h5-8,18,20H,9-16H2,1-4H3,(H,22,23);1H. The van der Waals surface area contributed by atoms with Gasteiger partial charge in [0.2, 0.25) is 0 Å². The number of ether oxygens (including phenoxy) is 1. The first kappa shape index (κ1) is 23.4. The van der Waals surface area contributed by atoms with Crippen molar-refractivity contribution in [2.45, 2.75) is 26.0 Å². The highest BCUT2D eigenvalue weighted by molar-refractivity contribution is 14.0. The number of benzene rings is 1. The van der Waals surface area contributed by atoms with Crippen LogP contribution in [0.1, 0.15) is 24.2 Å². The van der Waals surface area contributed by atoms with Crippen molar-refractivity contribution in [3.8, 4) is 0 Å². The molecule has 1 aromatic carbocycles. The molecule has 2 unspecified atom stereocenters. The third-order valence-corrected chi connectivity index (χ3v) is 5.83. The van der Waals surface area contributed by atoms with Crippen molar-refractivity contribution in [2.24, 2.45) is 4.99 Å². The fourth-order valence-electron chi connectivity index (χ4n) is 3.94. The van der Waals surface area contributed by atoms with Crippen molar-refractivity contribution >= 4 is 29.9 Å². The number of nitrogens with zero attached hydrogens (tertiary/aromatic N) is 4. The molecule has 0 bridgehead atoms. The van der Waals surface area contributed by atoms with Crippen molar-refractivity contribution in [3.63, 3.8) is 0 Å². The molecule has 6 nitrogen and oxygen atoms in total. The molecule has 0 radical (unpaired) electrons. The molecule has 1 aromatic rings. The average Bonchev–Trinajstić information content (AvgIpc) is 2.69. The smallest absolute Gasteiger partial charge is 0.193 e. The molecule has 2 saturated heterocycles. The second-order valence-electron chi connectivity index (χ2n) is 7.78. The normalized spacial score (nSPS) is 23.2. The van der Waals surface area contributed by atoms with E-state index in [9.17, 15) is 0 Å². The van der Waals surface area contributed by atoms with Crippen LogP contribution >= 0.6 is 24.0 Å². The second kappa shape index (κ2) is 11.3. The average molecular weight is 501 g/mol. The Labute approximate surface area is 187 Å². The molecule has 2 aliphatic rings. The van der Waals surface area contributed by atoms with Gasteiger partial charge in [-0.25, -0.2) is 0 Å². The van der Waals surface area contributed by atoms with Gasteiger partial charge in [0.15, 0.2) is 5.96 Å². The van der Waals surface area contributed by atoms with E-state index in [1.165, 1.54) is 11.1 Å². The molecular weight excluding hydrogens is 465 g/mol. The lowest BCUT2D eigenvalue weighted by Crippen LogP contribution is -2.54. The van der Waals surface area contributed by atoms with Crippen molar-refractivity contribution in [3.05, 3.63) is 35.4 Å². The number of nitrogens with one attached hydrogen (secondary N) is 1. The van der Waals surface area contributed by atoms with Crippen LogP contribution in [0, 0.1) is 6.92 Å². The summed E-state index contributed by atoms with van der Waals surface area (Å²) in [5, 5.41) is 3.60. The largest absolute Gasteiger partial charge is 0.370 e. The SMILES string of the molecule is CN=C(NCC(C)N1CCN(C)CC1)N1CCOC(c2ccccc2C)C1.I. The lowest BCUT2D eigenvalue weighted by molar-refractivity contribution is -0.00844. The van der Waals surface area contributed by atoms with E-state index in [1.54, 1.807) is 0 Å². The molecule has 0 spiro atoms. The van der Waals surface area contributed by atoms with Gasteiger partial charge in [-0.05, 0) is 32.0 Å². The van der Waals surface area contributed by atoms with Crippen LogP contribution in [0.25, 0.3) is 0 Å². The molecule has 2 atom stereocenters. The predicted molar refractivity (Wildman–Crippen MR) is 127 cm³/mol. The van der Waals surface area contributed by atoms with Crippen LogP contribution in [-0.2, 0) is 4.74 Å². The second-order valence-corrected chi connectivity index (χ2v) is 7.78. The van der Waals surface area contributed by atoms with E-state index in [2.05, 4.69) is 70.2 Å². The van der Waals surface area contributed by atoms with Crippen LogP contribution < -0.4 is 5.32 Å². The molecule has 158 valence electrons. The number of halogens is 1. The summed E-state index contributed by atoms with van der Waals surface area (Å²) >= 11 is 0. The Balaban J connectivity index is 0.00000280. The minimum Gasteiger partial charge on any atom is -0.370 e. The van der Waals surface area contributed by atoms with Crippen LogP contribution in [0.2, 0.25) is 0 Å². The Hall–Kier alpha value is -0.900. The van der Waals surface area contributed by atoms with Gasteiger partial charge in [-0.1, -0.05) is 24.3 Å². The lowest BCUT2D eigenvalue weighted by Gasteiger charge is -2.38. The van der Waals surface area contributed by atoms with Gasteiger partial charge in [0.1, 0.15) is 6.10 Å². The van der Waals surface area contributed by atoms with Gasteiger partial charge in [-0.3, -0.25) is 9.89 Å². The summed E-state index contributed by atoms with van der Waals surface area (Å²) in [6.45, 7) is 12.4. The van der Waals surface area contributed by atoms with Gasteiger partial charge >= 0.3 is 0 Å². The van der Waals surface area contributed by atoms with E-state index in [0.29, 0.717) is 6.04 Å². The van der Waals surface area contributed by atoms with Gasteiger partial charge in [-0.2, -0.15) is 0 Å². The summed E-state index contributed by atoms with van der Waals surface area (Å²) < 4.78 is 6.06. The number of piperazine rings is 1. The zero-order chi connectivity index (χ0) is 19.2. The van der Waals surface area contributed by atoms with E-state index in [4.69, 9.17) is 4.74 Å². The Morgan fingerprint density at radius 1 is 1.21 bits per heavy atom. The third-order valence-electron chi connectivity index (χ3n) is 5.83. The van der Waals surface area contributed by atoms with E-state index >= 15 is 0 Å². The molecule has 0 aliphatic carbocycles. The van der Waals surface area contributed by atoms with Crippen LogP contribution in [0.15, 0.2) is 29.3 Å². The Bertz CT molecular complexity index is 633. The minimum absolute atomic E-state index is 0. The zero-order valence-electron chi connectivity index (χ0n) is 17.7. The van der Waals surface area contributed by atoms with Crippen LogP contribution in [0.4, 0.5) is 0 Å². The number of hydrogen-bond acceptors (Lipinski definition) is 4. The molecule has 0 aromatic heterocycles.